The van der Waals surface area contributed by atoms with Gasteiger partial charge in [0.25, 0.3) is 0 Å². The van der Waals surface area contributed by atoms with E-state index in [9.17, 15) is 13.2 Å². The van der Waals surface area contributed by atoms with Crippen LogP contribution in [0, 0.1) is 0 Å². The first kappa shape index (κ1) is 15.2. The van der Waals surface area contributed by atoms with Crippen molar-refractivity contribution in [2.24, 2.45) is 0 Å². The smallest absolute Gasteiger partial charge is 0.238 e. The molecule has 0 spiro atoms. The molecule has 0 unspecified atom stereocenters. The van der Waals surface area contributed by atoms with Gasteiger partial charge in [0.05, 0.1) is 4.90 Å². The van der Waals surface area contributed by atoms with Gasteiger partial charge in [-0.1, -0.05) is 30.4 Å². The molecule has 0 N–H and O–H groups in total. The third-order valence-corrected chi connectivity index (χ3v) is 4.08. The Kier molecular flexibility index (Phi) is 5.51. The monoisotopic (exact) mass is 279 g/mol. The maximum Gasteiger partial charge on any atom is 0.238 e. The van der Waals surface area contributed by atoms with Gasteiger partial charge < -0.3 is 4.90 Å². The van der Waals surface area contributed by atoms with Gasteiger partial charge in [0.2, 0.25) is 5.91 Å². The van der Waals surface area contributed by atoms with Gasteiger partial charge in [-0.3, -0.25) is 4.79 Å². The zero-order valence-electron chi connectivity index (χ0n) is 10.7. The summed E-state index contributed by atoms with van der Waals surface area (Å²) < 4.78 is 24.1. The van der Waals surface area contributed by atoms with E-state index >= 15 is 0 Å². The van der Waals surface area contributed by atoms with Crippen LogP contribution in [-0.2, 0) is 14.6 Å². The number of nitrogens with zero attached hydrogens (tertiary/aromatic N) is 1. The Balaban J connectivity index is 2.85. The van der Waals surface area contributed by atoms with Crippen LogP contribution in [0.2, 0.25) is 0 Å². The van der Waals surface area contributed by atoms with E-state index < -0.39 is 21.5 Å². The number of amides is 1. The minimum atomic E-state index is -3.60. The number of carbonyl (C=O) groups is 1. The molecule has 4 nitrogen and oxygen atoms in total. The number of hydrogen-bond acceptors (Lipinski definition) is 3. The number of rotatable bonds is 7. The van der Waals surface area contributed by atoms with Crippen LogP contribution in [-0.4, -0.2) is 38.1 Å². The lowest BCUT2D eigenvalue weighted by Gasteiger charge is -2.19. The zero-order valence-corrected chi connectivity index (χ0v) is 11.5. The number of benzene rings is 1. The first-order chi connectivity index (χ1) is 9.01. The largest absolute Gasteiger partial charge is 0.334 e. The quantitative estimate of drug-likeness (QED) is 0.713. The van der Waals surface area contributed by atoms with Crippen LogP contribution < -0.4 is 0 Å². The lowest BCUT2D eigenvalue weighted by atomic mass is 10.4. The Labute approximate surface area is 114 Å². The molecule has 0 aliphatic carbocycles. The first-order valence-electron chi connectivity index (χ1n) is 5.78. The summed E-state index contributed by atoms with van der Waals surface area (Å²) in [6.45, 7) is 7.69. The lowest BCUT2D eigenvalue weighted by molar-refractivity contribution is -0.127. The van der Waals surface area contributed by atoms with Crippen LogP contribution in [0.25, 0.3) is 0 Å². The van der Waals surface area contributed by atoms with E-state index in [0.29, 0.717) is 13.1 Å². The Morgan fingerprint density at radius 3 is 2.11 bits per heavy atom. The van der Waals surface area contributed by atoms with E-state index in [4.69, 9.17) is 0 Å². The van der Waals surface area contributed by atoms with E-state index in [0.717, 1.165) is 0 Å². The van der Waals surface area contributed by atoms with Crippen LogP contribution in [0.5, 0.6) is 0 Å². The molecule has 0 aliphatic heterocycles. The van der Waals surface area contributed by atoms with Gasteiger partial charge in [-0.25, -0.2) is 8.42 Å². The molecule has 0 saturated carbocycles. The lowest BCUT2D eigenvalue weighted by Crippen LogP contribution is -2.36. The van der Waals surface area contributed by atoms with Crippen LogP contribution in [0.3, 0.4) is 0 Å². The van der Waals surface area contributed by atoms with Crippen LogP contribution in [0.4, 0.5) is 0 Å². The second kappa shape index (κ2) is 6.89. The van der Waals surface area contributed by atoms with Crippen molar-refractivity contribution in [1.82, 2.24) is 4.90 Å². The Bertz CT molecular complexity index is 539. The van der Waals surface area contributed by atoms with Crippen molar-refractivity contribution in [1.29, 1.82) is 0 Å². The molecule has 19 heavy (non-hydrogen) atoms. The van der Waals surface area contributed by atoms with Crippen LogP contribution in [0.15, 0.2) is 60.5 Å². The maximum atomic E-state index is 12.1. The minimum Gasteiger partial charge on any atom is -0.334 e. The standard InChI is InChI=1S/C14H17NO3S/c1-3-10-15(11-4-2)14(16)12-19(17,18)13-8-6-5-7-9-13/h3-9H,1-2,10-12H2. The average molecular weight is 279 g/mol. The fourth-order valence-corrected chi connectivity index (χ4v) is 2.80. The summed E-state index contributed by atoms with van der Waals surface area (Å²) in [6.07, 6.45) is 3.10. The minimum absolute atomic E-state index is 0.153. The second-order valence-corrected chi connectivity index (χ2v) is 5.94. The normalized spacial score (nSPS) is 10.7. The van der Waals surface area contributed by atoms with Gasteiger partial charge in [-0.15, -0.1) is 13.2 Å². The topological polar surface area (TPSA) is 54.5 Å². The molecule has 102 valence electrons. The molecule has 0 heterocycles. The Morgan fingerprint density at radius 2 is 1.63 bits per heavy atom. The fraction of sp³-hybridized carbons (Fsp3) is 0.214. The predicted molar refractivity (Wildman–Crippen MR) is 75.5 cm³/mol. The van der Waals surface area contributed by atoms with Gasteiger partial charge in [-0.2, -0.15) is 0 Å². The van der Waals surface area contributed by atoms with E-state index in [1.54, 1.807) is 30.4 Å². The predicted octanol–water partition coefficient (Wildman–Crippen LogP) is 1.66. The van der Waals surface area contributed by atoms with Crippen LogP contribution in [0.1, 0.15) is 0 Å². The van der Waals surface area contributed by atoms with E-state index in [1.165, 1.54) is 17.0 Å². The zero-order chi connectivity index (χ0) is 14.3. The molecule has 0 bridgehead atoms. The highest BCUT2D eigenvalue weighted by molar-refractivity contribution is 7.92. The summed E-state index contributed by atoms with van der Waals surface area (Å²) >= 11 is 0. The van der Waals surface area contributed by atoms with E-state index in [-0.39, 0.29) is 4.90 Å². The summed E-state index contributed by atoms with van der Waals surface area (Å²) in [5.41, 5.74) is 0. The summed E-state index contributed by atoms with van der Waals surface area (Å²) in [7, 11) is -3.60. The van der Waals surface area contributed by atoms with Crippen molar-refractivity contribution < 1.29 is 13.2 Å². The highest BCUT2D eigenvalue weighted by Crippen LogP contribution is 2.11. The Morgan fingerprint density at radius 1 is 1.11 bits per heavy atom. The highest BCUT2D eigenvalue weighted by Gasteiger charge is 2.22. The average Bonchev–Trinajstić information content (AvgIpc) is 2.39. The molecule has 1 amide bonds. The first-order valence-corrected chi connectivity index (χ1v) is 7.44. The van der Waals surface area contributed by atoms with E-state index in [1.807, 2.05) is 0 Å². The molecule has 0 aliphatic rings. The van der Waals surface area contributed by atoms with Crippen molar-refractivity contribution in [3.05, 3.63) is 55.6 Å². The van der Waals surface area contributed by atoms with Crippen molar-refractivity contribution in [3.63, 3.8) is 0 Å². The molecule has 0 aromatic heterocycles. The van der Waals surface area contributed by atoms with Gasteiger partial charge in [-0.05, 0) is 12.1 Å². The number of sulfone groups is 1. The molecule has 0 atom stereocenters. The van der Waals surface area contributed by atoms with Crippen LogP contribution >= 0.6 is 0 Å². The van der Waals surface area contributed by atoms with Crippen molar-refractivity contribution >= 4 is 15.7 Å². The summed E-state index contributed by atoms with van der Waals surface area (Å²) in [5, 5.41) is 0. The van der Waals surface area contributed by atoms with Gasteiger partial charge in [0.15, 0.2) is 9.84 Å². The number of hydrogen-bond donors (Lipinski definition) is 0. The van der Waals surface area contributed by atoms with Gasteiger partial charge in [0.1, 0.15) is 5.75 Å². The summed E-state index contributed by atoms with van der Waals surface area (Å²) in [5.74, 6) is -0.998. The summed E-state index contributed by atoms with van der Waals surface area (Å²) in [6, 6.07) is 7.94. The molecule has 5 heteroatoms. The third-order valence-electron chi connectivity index (χ3n) is 2.47. The van der Waals surface area contributed by atoms with Crippen molar-refractivity contribution in [2.45, 2.75) is 4.90 Å². The highest BCUT2D eigenvalue weighted by atomic mass is 32.2. The van der Waals surface area contributed by atoms with Gasteiger partial charge in [0, 0.05) is 13.1 Å². The maximum absolute atomic E-state index is 12.1. The molecule has 0 radical (unpaired) electrons. The molecule has 1 aromatic rings. The summed E-state index contributed by atoms with van der Waals surface area (Å²) in [4.78, 5) is 13.5. The third kappa shape index (κ3) is 4.37. The molecule has 0 saturated heterocycles. The Hall–Kier alpha value is -1.88. The number of carbonyl (C=O) groups excluding carboxylic acids is 1. The molecular formula is C14H17NO3S. The molecular weight excluding hydrogens is 262 g/mol. The fourth-order valence-electron chi connectivity index (χ4n) is 1.55. The molecule has 1 rings (SSSR count). The van der Waals surface area contributed by atoms with Crippen molar-refractivity contribution in [3.8, 4) is 0 Å². The van der Waals surface area contributed by atoms with Crippen molar-refractivity contribution in [2.75, 3.05) is 18.8 Å². The van der Waals surface area contributed by atoms with Gasteiger partial charge >= 0.3 is 0 Å². The molecule has 1 aromatic carbocycles. The van der Waals surface area contributed by atoms with E-state index in [2.05, 4.69) is 13.2 Å². The SMILES string of the molecule is C=CCN(CC=C)C(=O)CS(=O)(=O)c1ccccc1. The molecule has 0 fully saturated rings. The second-order valence-electron chi connectivity index (χ2n) is 3.95.